The summed E-state index contributed by atoms with van der Waals surface area (Å²) in [7, 11) is 0. The van der Waals surface area contributed by atoms with Crippen LogP contribution >= 0.6 is 0 Å². The molecular formula is C20H26N4O3. The number of hydrogen-bond donors (Lipinski definition) is 2. The third-order valence-corrected chi connectivity index (χ3v) is 5.45. The van der Waals surface area contributed by atoms with Crippen LogP contribution in [-0.2, 0) is 16.1 Å². The molecule has 0 radical (unpaired) electrons. The molecule has 0 aliphatic carbocycles. The summed E-state index contributed by atoms with van der Waals surface area (Å²) in [5.74, 6) is 0.696. The monoisotopic (exact) mass is 370 g/mol. The average molecular weight is 370 g/mol. The number of benzene rings is 1. The van der Waals surface area contributed by atoms with Gasteiger partial charge in [-0.05, 0) is 50.9 Å². The lowest BCUT2D eigenvalue weighted by Gasteiger charge is -2.31. The number of rotatable bonds is 5. The largest absolute Gasteiger partial charge is 0.376 e. The van der Waals surface area contributed by atoms with Crippen LogP contribution in [0.15, 0.2) is 29.1 Å². The summed E-state index contributed by atoms with van der Waals surface area (Å²) in [6.07, 6.45) is 3.77. The summed E-state index contributed by atoms with van der Waals surface area (Å²) < 4.78 is 5.75. The Morgan fingerprint density at radius 2 is 2.04 bits per heavy atom. The van der Waals surface area contributed by atoms with Crippen molar-refractivity contribution in [3.05, 3.63) is 40.4 Å². The summed E-state index contributed by atoms with van der Waals surface area (Å²) >= 11 is 0. The van der Waals surface area contributed by atoms with Gasteiger partial charge in [0, 0.05) is 19.1 Å². The first kappa shape index (κ1) is 18.1. The van der Waals surface area contributed by atoms with E-state index >= 15 is 0 Å². The van der Waals surface area contributed by atoms with Crippen LogP contribution in [0.1, 0.15) is 31.5 Å². The zero-order valence-electron chi connectivity index (χ0n) is 15.4. The highest BCUT2D eigenvalue weighted by molar-refractivity contribution is 5.79. The molecule has 3 heterocycles. The molecule has 2 fully saturated rings. The smallest absolute Gasteiger partial charge is 0.258 e. The standard InChI is InChI=1S/C20H26N4O3/c25-19-16-5-1-2-6-17(16)22-18(23-19)13-24(12-15-4-3-11-27-15)20(26)14-7-9-21-10-8-14/h1-2,5-6,14-15,21H,3-4,7-13H2,(H,22,23,25). The number of carbonyl (C=O) groups excluding carboxylic acids is 1. The maximum Gasteiger partial charge on any atom is 0.258 e. The van der Waals surface area contributed by atoms with Gasteiger partial charge in [0.05, 0.1) is 23.6 Å². The molecule has 2 aromatic rings. The van der Waals surface area contributed by atoms with Gasteiger partial charge in [0.2, 0.25) is 5.91 Å². The Morgan fingerprint density at radius 1 is 1.22 bits per heavy atom. The van der Waals surface area contributed by atoms with Gasteiger partial charge in [0.1, 0.15) is 5.82 Å². The molecule has 27 heavy (non-hydrogen) atoms. The lowest BCUT2D eigenvalue weighted by molar-refractivity contribution is -0.138. The lowest BCUT2D eigenvalue weighted by Crippen LogP contribution is -2.44. The maximum absolute atomic E-state index is 13.2. The van der Waals surface area contributed by atoms with Gasteiger partial charge >= 0.3 is 0 Å². The maximum atomic E-state index is 13.2. The molecule has 1 unspecified atom stereocenters. The van der Waals surface area contributed by atoms with Crippen LogP contribution in [0.3, 0.4) is 0 Å². The molecule has 7 nitrogen and oxygen atoms in total. The predicted molar refractivity (Wildman–Crippen MR) is 102 cm³/mol. The topological polar surface area (TPSA) is 87.3 Å². The molecule has 1 atom stereocenters. The van der Waals surface area contributed by atoms with Crippen molar-refractivity contribution in [1.29, 1.82) is 0 Å². The third kappa shape index (κ3) is 4.20. The number of nitrogens with zero attached hydrogens (tertiary/aromatic N) is 2. The predicted octanol–water partition coefficient (Wildman–Crippen LogP) is 1.43. The molecule has 2 aliphatic rings. The van der Waals surface area contributed by atoms with Crippen LogP contribution in [0.5, 0.6) is 0 Å². The second-order valence-corrected chi connectivity index (χ2v) is 7.41. The lowest BCUT2D eigenvalue weighted by atomic mass is 9.96. The highest BCUT2D eigenvalue weighted by Crippen LogP contribution is 2.20. The molecular weight excluding hydrogens is 344 g/mol. The van der Waals surface area contributed by atoms with Crippen molar-refractivity contribution in [2.45, 2.75) is 38.3 Å². The van der Waals surface area contributed by atoms with E-state index in [0.29, 0.717) is 29.8 Å². The van der Waals surface area contributed by atoms with Gasteiger partial charge in [-0.1, -0.05) is 12.1 Å². The van der Waals surface area contributed by atoms with Crippen molar-refractivity contribution < 1.29 is 9.53 Å². The number of hydrogen-bond acceptors (Lipinski definition) is 5. The van der Waals surface area contributed by atoms with Crippen LogP contribution in [0.2, 0.25) is 0 Å². The van der Waals surface area contributed by atoms with Crippen molar-refractivity contribution in [2.75, 3.05) is 26.2 Å². The Bertz CT molecular complexity index is 854. The van der Waals surface area contributed by atoms with Gasteiger partial charge in [-0.3, -0.25) is 9.59 Å². The molecule has 2 saturated heterocycles. The van der Waals surface area contributed by atoms with Crippen molar-refractivity contribution in [3.8, 4) is 0 Å². The number of piperidine rings is 1. The number of H-pyrrole nitrogens is 1. The number of aromatic nitrogens is 2. The number of carbonyl (C=O) groups is 1. The van der Waals surface area contributed by atoms with E-state index in [2.05, 4.69) is 15.3 Å². The van der Waals surface area contributed by atoms with Gasteiger partial charge in [0.15, 0.2) is 0 Å². The summed E-state index contributed by atoms with van der Waals surface area (Å²) in [5, 5.41) is 3.87. The minimum Gasteiger partial charge on any atom is -0.376 e. The Balaban J connectivity index is 1.57. The first-order chi connectivity index (χ1) is 13.2. The summed E-state index contributed by atoms with van der Waals surface area (Å²) in [6, 6.07) is 7.27. The highest BCUT2D eigenvalue weighted by atomic mass is 16.5. The normalized spacial score (nSPS) is 20.8. The number of ether oxygens (including phenoxy) is 1. The highest BCUT2D eigenvalue weighted by Gasteiger charge is 2.29. The molecule has 0 bridgehead atoms. The summed E-state index contributed by atoms with van der Waals surface area (Å²) in [6.45, 7) is 3.36. The molecule has 0 saturated carbocycles. The Labute approximate surface area is 158 Å². The van der Waals surface area contributed by atoms with Crippen molar-refractivity contribution in [3.63, 3.8) is 0 Å². The average Bonchev–Trinajstić information content (AvgIpc) is 3.21. The Kier molecular flexibility index (Phi) is 5.50. The van der Waals surface area contributed by atoms with E-state index in [0.717, 1.165) is 45.4 Å². The molecule has 4 rings (SSSR count). The molecule has 144 valence electrons. The summed E-state index contributed by atoms with van der Waals surface area (Å²) in [4.78, 5) is 34.8. The number of para-hydroxylation sites is 1. The van der Waals surface area contributed by atoms with E-state index < -0.39 is 0 Å². The molecule has 1 aromatic heterocycles. The minimum absolute atomic E-state index is 0.0276. The van der Waals surface area contributed by atoms with Crippen LogP contribution in [0.4, 0.5) is 0 Å². The number of nitrogens with one attached hydrogen (secondary N) is 2. The second kappa shape index (κ2) is 8.19. The van der Waals surface area contributed by atoms with E-state index in [4.69, 9.17) is 4.74 Å². The van der Waals surface area contributed by atoms with E-state index in [1.54, 1.807) is 6.07 Å². The van der Waals surface area contributed by atoms with Gasteiger partial charge in [-0.15, -0.1) is 0 Å². The molecule has 2 N–H and O–H groups in total. The fourth-order valence-electron chi connectivity index (χ4n) is 3.98. The fraction of sp³-hybridized carbons (Fsp3) is 0.550. The van der Waals surface area contributed by atoms with Crippen molar-refractivity contribution >= 4 is 16.8 Å². The molecule has 0 spiro atoms. The zero-order chi connectivity index (χ0) is 18.6. The van der Waals surface area contributed by atoms with Crippen LogP contribution in [-0.4, -0.2) is 53.1 Å². The molecule has 2 aliphatic heterocycles. The van der Waals surface area contributed by atoms with E-state index in [1.165, 1.54) is 0 Å². The third-order valence-electron chi connectivity index (χ3n) is 5.45. The van der Waals surface area contributed by atoms with Gasteiger partial charge in [-0.2, -0.15) is 0 Å². The van der Waals surface area contributed by atoms with Crippen molar-refractivity contribution in [1.82, 2.24) is 20.2 Å². The van der Waals surface area contributed by atoms with Gasteiger partial charge in [-0.25, -0.2) is 4.98 Å². The van der Waals surface area contributed by atoms with E-state index in [9.17, 15) is 9.59 Å². The Morgan fingerprint density at radius 3 is 2.81 bits per heavy atom. The van der Waals surface area contributed by atoms with Gasteiger partial charge < -0.3 is 19.9 Å². The number of amides is 1. The number of fused-ring (bicyclic) bond motifs is 1. The first-order valence-corrected chi connectivity index (χ1v) is 9.80. The molecule has 7 heteroatoms. The van der Waals surface area contributed by atoms with Crippen LogP contribution in [0, 0.1) is 5.92 Å². The fourth-order valence-corrected chi connectivity index (χ4v) is 3.98. The van der Waals surface area contributed by atoms with Gasteiger partial charge in [0.25, 0.3) is 5.56 Å². The van der Waals surface area contributed by atoms with E-state index in [1.807, 2.05) is 23.1 Å². The first-order valence-electron chi connectivity index (χ1n) is 9.80. The number of aromatic amines is 1. The molecule has 1 amide bonds. The SMILES string of the molecule is O=C(C1CCNCC1)N(Cc1nc2ccccc2c(=O)[nH]1)CC1CCCO1. The van der Waals surface area contributed by atoms with Crippen LogP contribution < -0.4 is 10.9 Å². The molecule has 1 aromatic carbocycles. The zero-order valence-corrected chi connectivity index (χ0v) is 15.4. The Hall–Kier alpha value is -2.25. The quantitative estimate of drug-likeness (QED) is 0.831. The van der Waals surface area contributed by atoms with Crippen molar-refractivity contribution in [2.24, 2.45) is 5.92 Å². The summed E-state index contributed by atoms with van der Waals surface area (Å²) in [5.41, 5.74) is 0.490. The van der Waals surface area contributed by atoms with Crippen LogP contribution in [0.25, 0.3) is 10.9 Å². The van der Waals surface area contributed by atoms with E-state index in [-0.39, 0.29) is 23.5 Å². The second-order valence-electron chi connectivity index (χ2n) is 7.41. The minimum atomic E-state index is -0.165.